The second-order valence-corrected chi connectivity index (χ2v) is 4.40. The summed E-state index contributed by atoms with van der Waals surface area (Å²) >= 11 is 0. The Morgan fingerprint density at radius 1 is 1.32 bits per heavy atom. The molecule has 0 spiro atoms. The number of pyridine rings is 1. The van der Waals surface area contributed by atoms with Crippen LogP contribution in [0.3, 0.4) is 0 Å². The van der Waals surface area contributed by atoms with Crippen LogP contribution in [-0.4, -0.2) is 54.9 Å². The Kier molecular flexibility index (Phi) is 6.31. The Bertz CT molecular complexity index is 584. The van der Waals surface area contributed by atoms with Crippen LogP contribution in [0.4, 0.5) is 0 Å². The normalized spacial score (nSPS) is 11.5. The van der Waals surface area contributed by atoms with Crippen LogP contribution in [0.5, 0.6) is 0 Å². The van der Waals surface area contributed by atoms with Gasteiger partial charge in [-0.1, -0.05) is 11.2 Å². The number of aromatic nitrogens is 3. The monoisotopic (exact) mass is 304 g/mol. The van der Waals surface area contributed by atoms with Crippen molar-refractivity contribution in [3.8, 4) is 11.6 Å². The van der Waals surface area contributed by atoms with Gasteiger partial charge in [-0.2, -0.15) is 4.98 Å². The van der Waals surface area contributed by atoms with E-state index in [9.17, 15) is 0 Å². The van der Waals surface area contributed by atoms with E-state index in [0.29, 0.717) is 49.5 Å². The van der Waals surface area contributed by atoms with Crippen LogP contribution in [0.1, 0.15) is 5.82 Å². The molecule has 0 aromatic carbocycles. The molecule has 2 rings (SSSR count). The molecular weight excluding hydrogens is 284 g/mol. The summed E-state index contributed by atoms with van der Waals surface area (Å²) in [5.74, 6) is 1.77. The van der Waals surface area contributed by atoms with E-state index in [2.05, 4.69) is 30.8 Å². The minimum absolute atomic E-state index is 0.429. The predicted molar refractivity (Wildman–Crippen MR) is 82.5 cm³/mol. The lowest BCUT2D eigenvalue weighted by Gasteiger charge is -2.10. The van der Waals surface area contributed by atoms with Gasteiger partial charge in [0.2, 0.25) is 0 Å². The van der Waals surface area contributed by atoms with Crippen LogP contribution in [0.2, 0.25) is 0 Å². The van der Waals surface area contributed by atoms with E-state index in [-0.39, 0.29) is 0 Å². The smallest absolute Gasteiger partial charge is 0.276 e. The predicted octanol–water partition coefficient (Wildman–Crippen LogP) is 0.485. The third-order valence-electron chi connectivity index (χ3n) is 2.82. The summed E-state index contributed by atoms with van der Waals surface area (Å²) in [7, 11) is 3.38. The lowest BCUT2D eigenvalue weighted by molar-refractivity contribution is 0.203. The Morgan fingerprint density at radius 2 is 2.18 bits per heavy atom. The molecule has 8 nitrogen and oxygen atoms in total. The number of hydrogen-bond donors (Lipinski definition) is 2. The van der Waals surface area contributed by atoms with E-state index < -0.39 is 0 Å². The summed E-state index contributed by atoms with van der Waals surface area (Å²) in [6, 6.07) is 5.55. The van der Waals surface area contributed by atoms with Gasteiger partial charge in [-0.15, -0.1) is 0 Å². The molecule has 0 atom stereocenters. The lowest BCUT2D eigenvalue weighted by atomic mass is 10.3. The highest BCUT2D eigenvalue weighted by atomic mass is 16.5. The third-order valence-corrected chi connectivity index (χ3v) is 2.82. The number of nitrogens with zero attached hydrogens (tertiary/aromatic N) is 4. The van der Waals surface area contributed by atoms with Gasteiger partial charge in [-0.05, 0) is 12.1 Å². The number of nitrogens with one attached hydrogen (secondary N) is 2. The number of rotatable bonds is 7. The van der Waals surface area contributed by atoms with E-state index in [1.807, 2.05) is 18.2 Å². The summed E-state index contributed by atoms with van der Waals surface area (Å²) in [6.45, 7) is 1.97. The fourth-order valence-electron chi connectivity index (χ4n) is 1.73. The number of guanidine groups is 1. The van der Waals surface area contributed by atoms with Crippen molar-refractivity contribution >= 4 is 5.96 Å². The topological polar surface area (TPSA) is 97.5 Å². The SMILES string of the molecule is CN=C(NCCOC)NCCc1noc(-c2ccccn2)n1. The van der Waals surface area contributed by atoms with Gasteiger partial charge < -0.3 is 19.9 Å². The van der Waals surface area contributed by atoms with E-state index in [0.717, 1.165) is 0 Å². The molecule has 2 heterocycles. The second kappa shape index (κ2) is 8.73. The van der Waals surface area contributed by atoms with Crippen molar-refractivity contribution in [3.05, 3.63) is 30.2 Å². The molecule has 0 aliphatic carbocycles. The molecule has 0 saturated carbocycles. The van der Waals surface area contributed by atoms with Crippen LogP contribution >= 0.6 is 0 Å². The molecule has 8 heteroatoms. The van der Waals surface area contributed by atoms with Crippen LogP contribution < -0.4 is 10.6 Å². The van der Waals surface area contributed by atoms with E-state index in [4.69, 9.17) is 9.26 Å². The summed E-state index contributed by atoms with van der Waals surface area (Å²) in [5, 5.41) is 10.2. The number of hydrogen-bond acceptors (Lipinski definition) is 6. The molecule has 0 radical (unpaired) electrons. The molecule has 0 amide bonds. The van der Waals surface area contributed by atoms with Gasteiger partial charge in [0.25, 0.3) is 5.89 Å². The van der Waals surface area contributed by atoms with Gasteiger partial charge in [-0.25, -0.2) is 0 Å². The largest absolute Gasteiger partial charge is 0.383 e. The zero-order chi connectivity index (χ0) is 15.6. The third kappa shape index (κ3) is 4.81. The van der Waals surface area contributed by atoms with Crippen LogP contribution in [-0.2, 0) is 11.2 Å². The highest BCUT2D eigenvalue weighted by Gasteiger charge is 2.09. The summed E-state index contributed by atoms with van der Waals surface area (Å²) in [4.78, 5) is 12.6. The van der Waals surface area contributed by atoms with Gasteiger partial charge in [-0.3, -0.25) is 9.98 Å². The first-order valence-corrected chi connectivity index (χ1v) is 7.01. The molecule has 2 aromatic heterocycles. The standard InChI is InChI=1S/C14H20N6O2/c1-15-14(18-9-10-21-2)17-8-6-12-19-13(22-20-12)11-5-3-4-7-16-11/h3-5,7H,6,8-10H2,1-2H3,(H2,15,17,18). The molecule has 22 heavy (non-hydrogen) atoms. The Balaban J connectivity index is 1.79. The maximum Gasteiger partial charge on any atom is 0.276 e. The van der Waals surface area contributed by atoms with Gasteiger partial charge >= 0.3 is 0 Å². The lowest BCUT2D eigenvalue weighted by Crippen LogP contribution is -2.39. The first-order valence-electron chi connectivity index (χ1n) is 7.01. The van der Waals surface area contributed by atoms with Crippen molar-refractivity contribution in [1.29, 1.82) is 0 Å². The Morgan fingerprint density at radius 3 is 2.91 bits per heavy atom. The number of aliphatic imine (C=N–C) groups is 1. The molecule has 2 N–H and O–H groups in total. The molecule has 0 saturated heterocycles. The molecule has 0 aliphatic rings. The fraction of sp³-hybridized carbons (Fsp3) is 0.429. The van der Waals surface area contributed by atoms with E-state index >= 15 is 0 Å². The summed E-state index contributed by atoms with van der Waals surface area (Å²) < 4.78 is 10.2. The Hall–Kier alpha value is -2.48. The average Bonchev–Trinajstić information content (AvgIpc) is 3.03. The van der Waals surface area contributed by atoms with Crippen molar-refractivity contribution < 1.29 is 9.26 Å². The minimum Gasteiger partial charge on any atom is -0.383 e. The maximum atomic E-state index is 5.20. The maximum absolute atomic E-state index is 5.20. The molecule has 0 fully saturated rings. The van der Waals surface area contributed by atoms with Crippen LogP contribution in [0.15, 0.2) is 33.9 Å². The van der Waals surface area contributed by atoms with Crippen molar-refractivity contribution in [2.24, 2.45) is 4.99 Å². The Labute approximate surface area is 129 Å². The average molecular weight is 304 g/mol. The highest BCUT2D eigenvalue weighted by Crippen LogP contribution is 2.12. The zero-order valence-electron chi connectivity index (χ0n) is 12.7. The van der Waals surface area contributed by atoms with Crippen LogP contribution in [0.25, 0.3) is 11.6 Å². The number of ether oxygens (including phenoxy) is 1. The molecule has 0 bridgehead atoms. The zero-order valence-corrected chi connectivity index (χ0v) is 12.7. The molecule has 2 aromatic rings. The van der Waals surface area contributed by atoms with Crippen LogP contribution in [0, 0.1) is 0 Å². The second-order valence-electron chi connectivity index (χ2n) is 4.40. The minimum atomic E-state index is 0.429. The molecular formula is C14H20N6O2. The van der Waals surface area contributed by atoms with Crippen molar-refractivity contribution in [2.75, 3.05) is 33.9 Å². The van der Waals surface area contributed by atoms with E-state index in [1.165, 1.54) is 0 Å². The van der Waals surface area contributed by atoms with Crippen molar-refractivity contribution in [1.82, 2.24) is 25.8 Å². The van der Waals surface area contributed by atoms with Gasteiger partial charge in [0, 0.05) is 39.9 Å². The summed E-state index contributed by atoms with van der Waals surface area (Å²) in [5.41, 5.74) is 0.672. The van der Waals surface area contributed by atoms with Crippen molar-refractivity contribution in [3.63, 3.8) is 0 Å². The van der Waals surface area contributed by atoms with E-state index in [1.54, 1.807) is 20.4 Å². The van der Waals surface area contributed by atoms with Gasteiger partial charge in [0.05, 0.1) is 6.61 Å². The number of methoxy groups -OCH3 is 1. The fourth-order valence-corrected chi connectivity index (χ4v) is 1.73. The molecule has 118 valence electrons. The molecule has 0 unspecified atom stereocenters. The van der Waals surface area contributed by atoms with Gasteiger partial charge in [0.1, 0.15) is 5.69 Å². The van der Waals surface area contributed by atoms with Crippen molar-refractivity contribution in [2.45, 2.75) is 6.42 Å². The first kappa shape index (κ1) is 15.9. The van der Waals surface area contributed by atoms with Gasteiger partial charge in [0.15, 0.2) is 11.8 Å². The molecule has 0 aliphatic heterocycles. The highest BCUT2D eigenvalue weighted by molar-refractivity contribution is 5.79. The summed E-state index contributed by atoms with van der Waals surface area (Å²) in [6.07, 6.45) is 2.32. The quantitative estimate of drug-likeness (QED) is 0.436. The first-order chi connectivity index (χ1) is 10.8.